The molecule has 0 bridgehead atoms. The lowest BCUT2D eigenvalue weighted by Gasteiger charge is -2.10. The van der Waals surface area contributed by atoms with Gasteiger partial charge in [0.05, 0.1) is 23.6 Å². The van der Waals surface area contributed by atoms with Crippen LogP contribution in [-0.2, 0) is 11.9 Å². The Labute approximate surface area is 185 Å². The zero-order valence-corrected chi connectivity index (χ0v) is 18.1. The molecule has 0 radical (unpaired) electrons. The molecule has 0 saturated carbocycles. The predicted molar refractivity (Wildman–Crippen MR) is 113 cm³/mol. The lowest BCUT2D eigenvalue weighted by molar-refractivity contribution is 0.0868. The van der Waals surface area contributed by atoms with Gasteiger partial charge in [0.2, 0.25) is 0 Å². The molecule has 3 aromatic heterocycles. The number of hydrogen-bond acceptors (Lipinski definition) is 4. The summed E-state index contributed by atoms with van der Waals surface area (Å²) >= 11 is 5.19. The van der Waals surface area contributed by atoms with E-state index < -0.39 is 17.0 Å². The fraction of sp³-hybridized carbons (Fsp3) is 0.238. The van der Waals surface area contributed by atoms with E-state index in [1.54, 1.807) is 36.7 Å². The third kappa shape index (κ3) is 4.05. The standard InChI is InChI=1S/C21H18ClF3N6O/c1-11-8-17(21(22,24)25)31-18(26-11)9-16(29-31)20(32)27-19-12(2)28-30(13(19)3)10-14-6-4-5-7-15(14)23/h4-9H,10H2,1-3H3,(H,27,32). The van der Waals surface area contributed by atoms with Crippen molar-refractivity contribution in [1.82, 2.24) is 24.4 Å². The van der Waals surface area contributed by atoms with Crippen LogP contribution >= 0.6 is 11.6 Å². The van der Waals surface area contributed by atoms with E-state index in [0.29, 0.717) is 28.3 Å². The van der Waals surface area contributed by atoms with Gasteiger partial charge in [-0.2, -0.15) is 19.0 Å². The number of aromatic nitrogens is 5. The smallest absolute Gasteiger partial charge is 0.317 e. The third-order valence-corrected chi connectivity index (χ3v) is 5.17. The molecular formula is C21H18ClF3N6O. The summed E-state index contributed by atoms with van der Waals surface area (Å²) in [6.45, 7) is 5.15. The maximum absolute atomic E-state index is 14.0. The number of halogens is 4. The van der Waals surface area contributed by atoms with Crippen LogP contribution in [0.1, 0.15) is 38.8 Å². The first-order valence-electron chi connectivity index (χ1n) is 9.58. The summed E-state index contributed by atoms with van der Waals surface area (Å²) in [5.74, 6) is -0.987. The zero-order valence-electron chi connectivity index (χ0n) is 17.3. The van der Waals surface area contributed by atoms with Crippen LogP contribution < -0.4 is 5.32 Å². The van der Waals surface area contributed by atoms with Gasteiger partial charge in [-0.15, -0.1) is 0 Å². The van der Waals surface area contributed by atoms with E-state index >= 15 is 0 Å². The van der Waals surface area contributed by atoms with Gasteiger partial charge in [-0.25, -0.2) is 13.9 Å². The fourth-order valence-corrected chi connectivity index (χ4v) is 3.54. The zero-order chi connectivity index (χ0) is 23.2. The molecule has 0 aliphatic heterocycles. The second-order valence-electron chi connectivity index (χ2n) is 7.33. The highest BCUT2D eigenvalue weighted by atomic mass is 35.5. The Hall–Kier alpha value is -3.40. The van der Waals surface area contributed by atoms with E-state index in [1.807, 2.05) is 0 Å². The van der Waals surface area contributed by atoms with Gasteiger partial charge < -0.3 is 5.32 Å². The van der Waals surface area contributed by atoms with Gasteiger partial charge in [0, 0.05) is 17.3 Å². The number of fused-ring (bicyclic) bond motifs is 1. The molecule has 0 unspecified atom stereocenters. The molecule has 11 heteroatoms. The van der Waals surface area contributed by atoms with Crippen molar-refractivity contribution in [2.75, 3.05) is 5.32 Å². The minimum atomic E-state index is -3.69. The third-order valence-electron chi connectivity index (χ3n) is 4.98. The highest BCUT2D eigenvalue weighted by Gasteiger charge is 2.33. The average molecular weight is 463 g/mol. The van der Waals surface area contributed by atoms with Crippen molar-refractivity contribution < 1.29 is 18.0 Å². The van der Waals surface area contributed by atoms with E-state index in [9.17, 15) is 18.0 Å². The van der Waals surface area contributed by atoms with Gasteiger partial charge in [-0.1, -0.05) is 18.2 Å². The van der Waals surface area contributed by atoms with Crippen molar-refractivity contribution in [1.29, 1.82) is 0 Å². The lowest BCUT2D eigenvalue weighted by Crippen LogP contribution is -2.16. The molecule has 0 spiro atoms. The van der Waals surface area contributed by atoms with Crippen LogP contribution in [0.3, 0.4) is 0 Å². The molecule has 1 N–H and O–H groups in total. The van der Waals surface area contributed by atoms with Gasteiger partial charge in [-0.05, 0) is 44.5 Å². The molecule has 4 aromatic rings. The summed E-state index contributed by atoms with van der Waals surface area (Å²) in [4.78, 5) is 17.0. The minimum Gasteiger partial charge on any atom is -0.317 e. The van der Waals surface area contributed by atoms with Crippen LogP contribution in [-0.4, -0.2) is 30.3 Å². The molecule has 1 aromatic carbocycles. The van der Waals surface area contributed by atoms with Crippen molar-refractivity contribution in [3.63, 3.8) is 0 Å². The first-order valence-corrected chi connectivity index (χ1v) is 9.96. The molecule has 0 atom stereocenters. The molecule has 0 aliphatic rings. The molecule has 32 heavy (non-hydrogen) atoms. The SMILES string of the molecule is Cc1cc(C(F)(F)Cl)n2nc(C(=O)Nc3c(C)nn(Cc4ccccc4F)c3C)cc2n1. The first-order chi connectivity index (χ1) is 15.0. The Kier molecular flexibility index (Phi) is 5.41. The van der Waals surface area contributed by atoms with Crippen LogP contribution in [0.5, 0.6) is 0 Å². The Morgan fingerprint density at radius 2 is 1.88 bits per heavy atom. The van der Waals surface area contributed by atoms with Crippen molar-refractivity contribution in [2.24, 2.45) is 0 Å². The van der Waals surface area contributed by atoms with Gasteiger partial charge in [-0.3, -0.25) is 9.48 Å². The molecule has 1 amide bonds. The van der Waals surface area contributed by atoms with Gasteiger partial charge >= 0.3 is 5.38 Å². The second-order valence-corrected chi connectivity index (χ2v) is 7.80. The van der Waals surface area contributed by atoms with Crippen LogP contribution in [0.15, 0.2) is 36.4 Å². The summed E-state index contributed by atoms with van der Waals surface area (Å²) in [7, 11) is 0. The second kappa shape index (κ2) is 7.94. The van der Waals surface area contributed by atoms with Gasteiger partial charge in [0.25, 0.3) is 5.91 Å². The minimum absolute atomic E-state index is 0.0640. The number of aryl methyl sites for hydroxylation is 2. The highest BCUT2D eigenvalue weighted by Crippen LogP contribution is 2.32. The average Bonchev–Trinajstić information content (AvgIpc) is 3.24. The summed E-state index contributed by atoms with van der Waals surface area (Å²) in [5.41, 5.74) is 1.65. The maximum atomic E-state index is 14.0. The summed E-state index contributed by atoms with van der Waals surface area (Å²) in [6, 6.07) is 8.74. The van der Waals surface area contributed by atoms with Crippen molar-refractivity contribution in [3.8, 4) is 0 Å². The Morgan fingerprint density at radius 1 is 1.16 bits per heavy atom. The monoisotopic (exact) mass is 462 g/mol. The topological polar surface area (TPSA) is 77.1 Å². The largest absolute Gasteiger partial charge is 0.364 e. The summed E-state index contributed by atoms with van der Waals surface area (Å²) < 4.78 is 44.0. The maximum Gasteiger partial charge on any atom is 0.364 e. The summed E-state index contributed by atoms with van der Waals surface area (Å²) in [5, 5.41) is 7.36. The van der Waals surface area contributed by atoms with Crippen LogP contribution in [0, 0.1) is 26.6 Å². The Bertz CT molecular complexity index is 1340. The number of rotatable bonds is 5. The lowest BCUT2D eigenvalue weighted by atomic mass is 10.2. The van der Waals surface area contributed by atoms with E-state index in [1.165, 1.54) is 19.1 Å². The first kappa shape index (κ1) is 21.8. The molecule has 7 nitrogen and oxygen atoms in total. The molecule has 0 saturated heterocycles. The van der Waals surface area contributed by atoms with E-state index in [0.717, 1.165) is 10.6 Å². The van der Waals surface area contributed by atoms with E-state index in [2.05, 4.69) is 20.5 Å². The van der Waals surface area contributed by atoms with Crippen molar-refractivity contribution in [3.05, 3.63) is 76.2 Å². The predicted octanol–water partition coefficient (Wildman–Crippen LogP) is 4.58. The molecular weight excluding hydrogens is 445 g/mol. The normalized spacial score (nSPS) is 11.8. The molecule has 166 valence electrons. The van der Waals surface area contributed by atoms with Crippen molar-refractivity contribution in [2.45, 2.75) is 32.7 Å². The van der Waals surface area contributed by atoms with E-state index in [-0.39, 0.29) is 23.7 Å². The van der Waals surface area contributed by atoms with Gasteiger partial charge in [0.1, 0.15) is 11.5 Å². The number of anilines is 1. The number of benzene rings is 1. The molecule has 4 rings (SSSR count). The van der Waals surface area contributed by atoms with Crippen molar-refractivity contribution >= 4 is 28.8 Å². The molecule has 0 fully saturated rings. The number of hydrogen-bond donors (Lipinski definition) is 1. The molecule has 0 aliphatic carbocycles. The van der Waals surface area contributed by atoms with Crippen LogP contribution in [0.2, 0.25) is 0 Å². The number of nitrogens with one attached hydrogen (secondary N) is 1. The van der Waals surface area contributed by atoms with Crippen LogP contribution in [0.25, 0.3) is 5.65 Å². The Balaban J connectivity index is 1.64. The van der Waals surface area contributed by atoms with Gasteiger partial charge in [0.15, 0.2) is 11.3 Å². The summed E-state index contributed by atoms with van der Waals surface area (Å²) in [6.07, 6.45) is 0. The number of nitrogens with zero attached hydrogens (tertiary/aromatic N) is 5. The Morgan fingerprint density at radius 3 is 2.56 bits per heavy atom. The molecule has 3 heterocycles. The fourth-order valence-electron chi connectivity index (χ4n) is 3.41. The van der Waals surface area contributed by atoms with Crippen LogP contribution in [0.4, 0.5) is 18.9 Å². The number of alkyl halides is 3. The van der Waals surface area contributed by atoms with E-state index in [4.69, 9.17) is 11.6 Å². The number of carbonyl (C=O) groups excluding carboxylic acids is 1. The number of carbonyl (C=O) groups is 1. The number of amides is 1. The quantitative estimate of drug-likeness (QED) is 0.440. The highest BCUT2D eigenvalue weighted by molar-refractivity contribution is 6.21.